The van der Waals surface area contributed by atoms with Crippen LogP contribution in [0.5, 0.6) is 0 Å². The third-order valence-electron chi connectivity index (χ3n) is 5.86. The van der Waals surface area contributed by atoms with Crippen LogP contribution in [-0.4, -0.2) is 69.6 Å². The molecule has 5 rings (SSSR count). The summed E-state index contributed by atoms with van der Waals surface area (Å²) < 4.78 is 27.7. The summed E-state index contributed by atoms with van der Waals surface area (Å²) in [6.07, 6.45) is 2.87. The first-order valence-corrected chi connectivity index (χ1v) is 12.6. The Kier molecular flexibility index (Phi) is 6.16. The lowest BCUT2D eigenvalue weighted by Crippen LogP contribution is -2.51. The van der Waals surface area contributed by atoms with E-state index in [1.807, 2.05) is 0 Å². The summed E-state index contributed by atoms with van der Waals surface area (Å²) in [6, 6.07) is 13.0. The number of rotatable bonds is 4. The smallest absolute Gasteiger partial charge is 0.300 e. The van der Waals surface area contributed by atoms with Gasteiger partial charge in [-0.25, -0.2) is 8.42 Å². The molecule has 0 aliphatic carbocycles. The molecule has 3 heterocycles. The van der Waals surface area contributed by atoms with Crippen molar-refractivity contribution >= 4 is 38.3 Å². The second kappa shape index (κ2) is 9.30. The Bertz CT molecular complexity index is 1640. The molecule has 4 aromatic rings. The van der Waals surface area contributed by atoms with Gasteiger partial charge in [-0.15, -0.1) is 0 Å². The fourth-order valence-corrected chi connectivity index (χ4v) is 5.61. The molecule has 11 nitrogen and oxygen atoms in total. The van der Waals surface area contributed by atoms with E-state index in [9.17, 15) is 23.2 Å². The second-order valence-electron chi connectivity index (χ2n) is 8.05. The van der Waals surface area contributed by atoms with Crippen LogP contribution in [0.3, 0.4) is 0 Å². The lowest BCUT2D eigenvalue weighted by molar-refractivity contribution is 0.0679. The number of sulfonamides is 1. The molecule has 0 unspecified atom stereocenters. The van der Waals surface area contributed by atoms with Crippen LogP contribution in [0.15, 0.2) is 70.6 Å². The van der Waals surface area contributed by atoms with Crippen LogP contribution in [0, 0.1) is 5.21 Å². The Morgan fingerprint density at radius 1 is 0.944 bits per heavy atom. The minimum atomic E-state index is -3.82. The quantitative estimate of drug-likeness (QED) is 0.394. The Hall–Kier alpha value is -3.87. The van der Waals surface area contributed by atoms with Crippen LogP contribution in [-0.2, 0) is 10.0 Å². The lowest BCUT2D eigenvalue weighted by Gasteiger charge is -2.34. The van der Waals surface area contributed by atoms with Crippen LogP contribution >= 0.6 is 11.6 Å². The highest BCUT2D eigenvalue weighted by Gasteiger charge is 2.31. The van der Waals surface area contributed by atoms with E-state index in [0.717, 1.165) is 10.8 Å². The number of halogens is 1. The minimum Gasteiger partial charge on any atom is -0.789 e. The maximum absolute atomic E-state index is 13.2. The number of hydrogen-bond acceptors (Lipinski definition) is 8. The van der Waals surface area contributed by atoms with Gasteiger partial charge in [-0.05, 0) is 47.2 Å². The van der Waals surface area contributed by atoms with Crippen molar-refractivity contribution in [3.05, 3.63) is 87.3 Å². The molecule has 1 fully saturated rings. The van der Waals surface area contributed by atoms with E-state index in [0.29, 0.717) is 10.6 Å². The Morgan fingerprint density at radius 3 is 2.33 bits per heavy atom. The van der Waals surface area contributed by atoms with Crippen LogP contribution < -0.4 is 5.56 Å². The molecule has 0 bridgehead atoms. The molecule has 0 radical (unpaired) electrons. The van der Waals surface area contributed by atoms with Crippen molar-refractivity contribution < 1.29 is 13.2 Å². The van der Waals surface area contributed by atoms with E-state index < -0.39 is 27.3 Å². The first-order valence-electron chi connectivity index (χ1n) is 10.8. The van der Waals surface area contributed by atoms with Gasteiger partial charge in [0.15, 0.2) is 5.69 Å². The van der Waals surface area contributed by atoms with Gasteiger partial charge in [-0.2, -0.15) is 14.4 Å². The molecule has 2 aromatic heterocycles. The van der Waals surface area contributed by atoms with Crippen molar-refractivity contribution in [2.75, 3.05) is 26.2 Å². The standard InChI is InChI=1S/C23H18ClN6O5S/c24-18-3-1-17-14-19(4-2-16(17)13-18)36(34,35)29-11-9-28(10-12-29)23(32)21-26-22(31)20(27-30(21)33)15-5-7-25-8-6-15/h1-8,13-14H,9-12H2/q-1. The van der Waals surface area contributed by atoms with Gasteiger partial charge in [-0.1, -0.05) is 23.7 Å². The average Bonchev–Trinajstić information content (AvgIpc) is 2.89. The van der Waals surface area contributed by atoms with Crippen LogP contribution in [0.4, 0.5) is 0 Å². The maximum Gasteiger partial charge on any atom is 0.300 e. The van der Waals surface area contributed by atoms with Gasteiger partial charge in [0.25, 0.3) is 11.5 Å². The lowest BCUT2D eigenvalue weighted by atomic mass is 10.1. The number of benzene rings is 2. The van der Waals surface area contributed by atoms with Gasteiger partial charge in [0, 0.05) is 49.2 Å². The topological polar surface area (TPSA) is 141 Å². The summed E-state index contributed by atoms with van der Waals surface area (Å²) in [5, 5.41) is 18.2. The molecule has 0 N–H and O–H groups in total. The van der Waals surface area contributed by atoms with Crippen LogP contribution in [0.25, 0.3) is 22.0 Å². The molecule has 13 heteroatoms. The van der Waals surface area contributed by atoms with Gasteiger partial charge < -0.3 is 10.1 Å². The van der Waals surface area contributed by atoms with Crippen molar-refractivity contribution in [1.29, 1.82) is 0 Å². The zero-order chi connectivity index (χ0) is 25.4. The van der Waals surface area contributed by atoms with Crippen molar-refractivity contribution in [3.8, 4) is 11.3 Å². The molecular weight excluding hydrogens is 508 g/mol. The molecule has 36 heavy (non-hydrogen) atoms. The summed E-state index contributed by atoms with van der Waals surface area (Å²) in [4.78, 5) is 34.2. The number of piperazine rings is 1. The summed E-state index contributed by atoms with van der Waals surface area (Å²) in [7, 11) is -3.82. The summed E-state index contributed by atoms with van der Waals surface area (Å²) in [5.41, 5.74) is -0.672. The summed E-state index contributed by atoms with van der Waals surface area (Å²) in [5.74, 6) is -1.46. The maximum atomic E-state index is 13.2. The fourth-order valence-electron chi connectivity index (χ4n) is 3.97. The third kappa shape index (κ3) is 4.41. The monoisotopic (exact) mass is 525 g/mol. The highest BCUT2D eigenvalue weighted by Crippen LogP contribution is 2.25. The van der Waals surface area contributed by atoms with E-state index in [-0.39, 0.29) is 41.6 Å². The molecule has 1 aliphatic heterocycles. The average molecular weight is 526 g/mol. The first kappa shape index (κ1) is 23.9. The van der Waals surface area contributed by atoms with Crippen molar-refractivity contribution in [2.45, 2.75) is 4.90 Å². The third-order valence-corrected chi connectivity index (χ3v) is 7.99. The minimum absolute atomic E-state index is 0.0122. The summed E-state index contributed by atoms with van der Waals surface area (Å²) in [6.45, 7) is 0.0587. The molecule has 0 spiro atoms. The number of carbonyl (C=O) groups excluding carboxylic acids is 1. The Morgan fingerprint density at radius 2 is 1.61 bits per heavy atom. The first-order chi connectivity index (χ1) is 17.2. The van der Waals surface area contributed by atoms with Gasteiger partial charge >= 0.3 is 0 Å². The molecule has 0 atom stereocenters. The summed E-state index contributed by atoms with van der Waals surface area (Å²) >= 11 is 6.00. The van der Waals surface area contributed by atoms with E-state index in [4.69, 9.17) is 11.6 Å². The predicted octanol–water partition coefficient (Wildman–Crippen LogP) is 2.00. The number of pyridine rings is 1. The molecule has 2 aromatic carbocycles. The van der Waals surface area contributed by atoms with E-state index in [1.54, 1.807) is 30.3 Å². The van der Waals surface area contributed by atoms with Crippen molar-refractivity contribution in [3.63, 3.8) is 0 Å². The zero-order valence-corrected chi connectivity index (χ0v) is 20.2. The SMILES string of the molecule is O=C(c1nc(=O)c(-c2ccncc2)nn1[O-])N1CCN(S(=O)(=O)c2ccc3cc(Cl)ccc3c2)CC1. The zero-order valence-electron chi connectivity index (χ0n) is 18.6. The highest BCUT2D eigenvalue weighted by atomic mass is 35.5. The number of aromatic nitrogens is 4. The number of fused-ring (bicyclic) bond motifs is 1. The molecule has 1 aliphatic rings. The van der Waals surface area contributed by atoms with Gasteiger partial charge in [0.2, 0.25) is 15.8 Å². The number of amides is 1. The fraction of sp³-hybridized carbons (Fsp3) is 0.174. The molecular formula is C23H18ClN6O5S-. The number of hydrogen-bond donors (Lipinski definition) is 0. The number of nitrogens with zero attached hydrogens (tertiary/aromatic N) is 6. The molecule has 184 valence electrons. The normalized spacial score (nSPS) is 14.8. The molecule has 0 saturated carbocycles. The van der Waals surface area contributed by atoms with Gasteiger partial charge in [0.05, 0.1) is 4.90 Å². The van der Waals surface area contributed by atoms with Gasteiger partial charge in [-0.3, -0.25) is 19.4 Å². The Balaban J connectivity index is 1.32. The van der Waals surface area contributed by atoms with E-state index in [2.05, 4.69) is 15.1 Å². The Labute approximate surface area is 210 Å². The van der Waals surface area contributed by atoms with Crippen molar-refractivity contribution in [2.24, 2.45) is 0 Å². The highest BCUT2D eigenvalue weighted by molar-refractivity contribution is 7.89. The van der Waals surface area contributed by atoms with E-state index >= 15 is 0 Å². The largest absolute Gasteiger partial charge is 0.789 e. The van der Waals surface area contributed by atoms with Crippen LogP contribution in [0.2, 0.25) is 5.02 Å². The molecule has 1 saturated heterocycles. The van der Waals surface area contributed by atoms with Crippen LogP contribution in [0.1, 0.15) is 10.6 Å². The van der Waals surface area contributed by atoms with Crippen molar-refractivity contribution in [1.82, 2.24) is 29.1 Å². The second-order valence-corrected chi connectivity index (χ2v) is 10.4. The van der Waals surface area contributed by atoms with Gasteiger partial charge in [0.1, 0.15) is 0 Å². The van der Waals surface area contributed by atoms with E-state index in [1.165, 1.54) is 39.8 Å². The molecule has 1 amide bonds. The number of carbonyl (C=O) groups is 1. The predicted molar refractivity (Wildman–Crippen MR) is 132 cm³/mol.